The molecule has 0 aliphatic carbocycles. The van der Waals surface area contributed by atoms with E-state index in [4.69, 9.17) is 0 Å². The topological polar surface area (TPSA) is 68.4 Å². The second kappa shape index (κ2) is 6.87. The molecule has 2 aromatic rings. The largest absolute Gasteiger partial charge is 0.357 e. The molecule has 7 heteroatoms. The van der Waals surface area contributed by atoms with E-state index in [2.05, 4.69) is 16.4 Å². The molecular weight excluding hydrogens is 312 g/mol. The van der Waals surface area contributed by atoms with Crippen molar-refractivity contribution in [1.29, 1.82) is 0 Å². The van der Waals surface area contributed by atoms with Crippen LogP contribution in [0.3, 0.4) is 0 Å². The number of H-pyrrole nitrogens is 1. The molecule has 1 aliphatic rings. The average Bonchev–Trinajstić information content (AvgIpc) is 3.24. The first-order chi connectivity index (χ1) is 11.1. The molecule has 6 nitrogen and oxygen atoms in total. The molecular formula is C16H20N4O2S. The van der Waals surface area contributed by atoms with Crippen LogP contribution in [0, 0.1) is 6.92 Å². The Balaban J connectivity index is 1.47. The summed E-state index contributed by atoms with van der Waals surface area (Å²) in [6.07, 6.45) is 1.74. The monoisotopic (exact) mass is 332 g/mol. The number of aromatic nitrogens is 1. The normalized spacial score (nSPS) is 14.8. The number of carbonyl (C=O) groups excluding carboxylic acids is 2. The predicted molar refractivity (Wildman–Crippen MR) is 89.6 cm³/mol. The summed E-state index contributed by atoms with van der Waals surface area (Å²) in [5, 5.41) is 4.98. The SMILES string of the molecule is Cc1ccsc1CNC(=O)N1CCN(C(=O)c2ccc[nH]2)CC1. The third-order valence-electron chi connectivity index (χ3n) is 4.05. The van der Waals surface area contributed by atoms with Crippen LogP contribution in [0.2, 0.25) is 0 Å². The fraction of sp³-hybridized carbons (Fsp3) is 0.375. The highest BCUT2D eigenvalue weighted by atomic mass is 32.1. The van der Waals surface area contributed by atoms with E-state index in [0.29, 0.717) is 38.4 Å². The summed E-state index contributed by atoms with van der Waals surface area (Å²) in [5.41, 5.74) is 1.80. The Morgan fingerprint density at radius 3 is 2.57 bits per heavy atom. The third kappa shape index (κ3) is 3.56. The molecule has 3 heterocycles. The standard InChI is InChI=1S/C16H20N4O2S/c1-12-4-10-23-14(12)11-18-16(22)20-8-6-19(7-9-20)15(21)13-3-2-5-17-13/h2-5,10,17H,6-9,11H2,1H3,(H,18,22). The molecule has 0 aromatic carbocycles. The molecule has 3 rings (SSSR count). The van der Waals surface area contributed by atoms with Gasteiger partial charge in [-0.25, -0.2) is 4.79 Å². The molecule has 1 aliphatic heterocycles. The summed E-state index contributed by atoms with van der Waals surface area (Å²) in [6, 6.07) is 5.57. The van der Waals surface area contributed by atoms with E-state index in [1.165, 1.54) is 10.4 Å². The van der Waals surface area contributed by atoms with E-state index >= 15 is 0 Å². The van der Waals surface area contributed by atoms with E-state index in [1.807, 2.05) is 18.4 Å². The van der Waals surface area contributed by atoms with Gasteiger partial charge in [0.05, 0.1) is 6.54 Å². The first-order valence-electron chi connectivity index (χ1n) is 7.63. The Hall–Kier alpha value is -2.28. The molecule has 0 saturated carbocycles. The van der Waals surface area contributed by atoms with Crippen LogP contribution in [0.15, 0.2) is 29.8 Å². The van der Waals surface area contributed by atoms with Crippen molar-refractivity contribution in [2.24, 2.45) is 0 Å². The number of urea groups is 1. The number of hydrogen-bond donors (Lipinski definition) is 2. The molecule has 3 amide bonds. The quantitative estimate of drug-likeness (QED) is 0.903. The molecule has 122 valence electrons. The van der Waals surface area contributed by atoms with Crippen molar-refractivity contribution in [2.75, 3.05) is 26.2 Å². The number of nitrogens with zero attached hydrogens (tertiary/aromatic N) is 2. The van der Waals surface area contributed by atoms with Crippen molar-refractivity contribution in [3.05, 3.63) is 45.9 Å². The van der Waals surface area contributed by atoms with Crippen molar-refractivity contribution in [1.82, 2.24) is 20.1 Å². The van der Waals surface area contributed by atoms with Crippen molar-refractivity contribution >= 4 is 23.3 Å². The Morgan fingerprint density at radius 2 is 1.96 bits per heavy atom. The zero-order valence-corrected chi connectivity index (χ0v) is 13.9. The predicted octanol–water partition coefficient (Wildman–Crippen LogP) is 2.05. The van der Waals surface area contributed by atoms with Gasteiger partial charge in [0.1, 0.15) is 5.69 Å². The second-order valence-electron chi connectivity index (χ2n) is 5.55. The van der Waals surface area contributed by atoms with Crippen LogP contribution in [0.1, 0.15) is 20.9 Å². The molecule has 1 saturated heterocycles. The van der Waals surface area contributed by atoms with Gasteiger partial charge in [0, 0.05) is 37.3 Å². The van der Waals surface area contributed by atoms with Crippen LogP contribution in [-0.2, 0) is 6.54 Å². The van der Waals surface area contributed by atoms with Crippen molar-refractivity contribution in [3.8, 4) is 0 Å². The van der Waals surface area contributed by atoms with Gasteiger partial charge in [-0.3, -0.25) is 4.79 Å². The number of nitrogens with one attached hydrogen (secondary N) is 2. The van der Waals surface area contributed by atoms with Gasteiger partial charge in [0.25, 0.3) is 5.91 Å². The lowest BCUT2D eigenvalue weighted by molar-refractivity contribution is 0.0660. The Bertz CT molecular complexity index is 672. The highest BCUT2D eigenvalue weighted by molar-refractivity contribution is 7.10. The van der Waals surface area contributed by atoms with Gasteiger partial charge in [-0.05, 0) is 36.1 Å². The van der Waals surface area contributed by atoms with Crippen molar-refractivity contribution in [2.45, 2.75) is 13.5 Å². The Kier molecular flexibility index (Phi) is 4.66. The fourth-order valence-electron chi connectivity index (χ4n) is 2.60. The molecule has 0 spiro atoms. The Morgan fingerprint density at radius 1 is 1.22 bits per heavy atom. The zero-order chi connectivity index (χ0) is 16.2. The maximum absolute atomic E-state index is 12.2. The van der Waals surface area contributed by atoms with Gasteiger partial charge in [0.15, 0.2) is 0 Å². The zero-order valence-electron chi connectivity index (χ0n) is 13.0. The average molecular weight is 332 g/mol. The van der Waals surface area contributed by atoms with Crippen LogP contribution in [0.5, 0.6) is 0 Å². The summed E-state index contributed by atoms with van der Waals surface area (Å²) in [7, 11) is 0. The van der Waals surface area contributed by atoms with Crippen LogP contribution in [0.4, 0.5) is 4.79 Å². The molecule has 0 atom stereocenters. The van der Waals surface area contributed by atoms with E-state index < -0.39 is 0 Å². The number of carbonyl (C=O) groups is 2. The molecule has 0 radical (unpaired) electrons. The maximum atomic E-state index is 12.2. The van der Waals surface area contributed by atoms with E-state index in [9.17, 15) is 9.59 Å². The fourth-order valence-corrected chi connectivity index (χ4v) is 3.45. The molecule has 1 fully saturated rings. The smallest absolute Gasteiger partial charge is 0.317 e. The summed E-state index contributed by atoms with van der Waals surface area (Å²) in [5.74, 6) is -0.00994. The highest BCUT2D eigenvalue weighted by Gasteiger charge is 2.25. The van der Waals surface area contributed by atoms with Gasteiger partial charge < -0.3 is 20.1 Å². The lowest BCUT2D eigenvalue weighted by atomic mass is 10.3. The van der Waals surface area contributed by atoms with Gasteiger partial charge >= 0.3 is 6.03 Å². The van der Waals surface area contributed by atoms with Crippen LogP contribution >= 0.6 is 11.3 Å². The molecule has 23 heavy (non-hydrogen) atoms. The lowest BCUT2D eigenvalue weighted by Crippen LogP contribution is -2.53. The van der Waals surface area contributed by atoms with Crippen molar-refractivity contribution < 1.29 is 9.59 Å². The highest BCUT2D eigenvalue weighted by Crippen LogP contribution is 2.15. The number of rotatable bonds is 3. The first-order valence-corrected chi connectivity index (χ1v) is 8.51. The van der Waals surface area contributed by atoms with Crippen LogP contribution in [0.25, 0.3) is 0 Å². The van der Waals surface area contributed by atoms with E-state index in [-0.39, 0.29) is 11.9 Å². The second-order valence-corrected chi connectivity index (χ2v) is 6.55. The number of amides is 3. The van der Waals surface area contributed by atoms with Gasteiger partial charge in [0.2, 0.25) is 0 Å². The molecule has 2 aromatic heterocycles. The minimum Gasteiger partial charge on any atom is -0.357 e. The number of thiophene rings is 1. The lowest BCUT2D eigenvalue weighted by Gasteiger charge is -2.34. The molecule has 2 N–H and O–H groups in total. The minimum atomic E-state index is -0.0650. The van der Waals surface area contributed by atoms with Crippen LogP contribution < -0.4 is 5.32 Å². The number of aromatic amines is 1. The number of hydrogen-bond acceptors (Lipinski definition) is 3. The van der Waals surface area contributed by atoms with Gasteiger partial charge in [-0.15, -0.1) is 11.3 Å². The van der Waals surface area contributed by atoms with Gasteiger partial charge in [-0.1, -0.05) is 0 Å². The van der Waals surface area contributed by atoms with Crippen molar-refractivity contribution in [3.63, 3.8) is 0 Å². The van der Waals surface area contributed by atoms with Gasteiger partial charge in [-0.2, -0.15) is 0 Å². The minimum absolute atomic E-state index is 0.00994. The first kappa shape index (κ1) is 15.6. The number of piperazine rings is 1. The molecule has 0 bridgehead atoms. The summed E-state index contributed by atoms with van der Waals surface area (Å²) < 4.78 is 0. The van der Waals surface area contributed by atoms with Crippen LogP contribution in [-0.4, -0.2) is 52.9 Å². The summed E-state index contributed by atoms with van der Waals surface area (Å²) in [6.45, 7) is 4.84. The van der Waals surface area contributed by atoms with E-state index in [0.717, 1.165) is 0 Å². The summed E-state index contributed by atoms with van der Waals surface area (Å²) in [4.78, 5) is 32.1. The number of aryl methyl sites for hydroxylation is 1. The Labute approximate surface area is 139 Å². The maximum Gasteiger partial charge on any atom is 0.317 e. The molecule has 0 unspecified atom stereocenters. The van der Waals surface area contributed by atoms with E-state index in [1.54, 1.807) is 33.4 Å². The third-order valence-corrected chi connectivity index (χ3v) is 5.07. The summed E-state index contributed by atoms with van der Waals surface area (Å²) >= 11 is 1.65.